The molecular weight excluding hydrogens is 393 g/mol. The van der Waals surface area contributed by atoms with Crippen LogP contribution in [0.15, 0.2) is 54.9 Å². The van der Waals surface area contributed by atoms with Crippen LogP contribution in [0.5, 0.6) is 5.75 Å². The number of hydrogen-bond donors (Lipinski definition) is 1. The highest BCUT2D eigenvalue weighted by atomic mass is 19.2. The van der Waals surface area contributed by atoms with Gasteiger partial charge in [-0.05, 0) is 47.5 Å². The van der Waals surface area contributed by atoms with Crippen molar-refractivity contribution >= 4 is 16.7 Å². The number of halogens is 3. The molecule has 0 fully saturated rings. The van der Waals surface area contributed by atoms with Crippen molar-refractivity contribution in [3.8, 4) is 28.3 Å². The van der Waals surface area contributed by atoms with Crippen molar-refractivity contribution < 1.29 is 17.9 Å². The normalized spacial score (nSPS) is 10.9. The van der Waals surface area contributed by atoms with Crippen molar-refractivity contribution in [3.05, 3.63) is 66.5 Å². The molecule has 0 saturated heterocycles. The van der Waals surface area contributed by atoms with Crippen LogP contribution < -0.4 is 10.1 Å². The molecule has 4 aromatic rings. The van der Waals surface area contributed by atoms with Gasteiger partial charge in [0.2, 0.25) is 0 Å². The minimum atomic E-state index is -0.962. The number of rotatable bonds is 6. The molecule has 8 heteroatoms. The Morgan fingerprint density at radius 2 is 1.83 bits per heavy atom. The molecule has 152 valence electrons. The number of anilines is 1. The molecule has 0 atom stereocenters. The summed E-state index contributed by atoms with van der Waals surface area (Å²) in [6, 6.07) is 10.6. The van der Waals surface area contributed by atoms with E-state index >= 15 is 0 Å². The Labute approximate surface area is 170 Å². The van der Waals surface area contributed by atoms with Gasteiger partial charge in [0.15, 0.2) is 17.5 Å². The maximum atomic E-state index is 13.8. The van der Waals surface area contributed by atoms with E-state index in [2.05, 4.69) is 20.3 Å². The van der Waals surface area contributed by atoms with E-state index in [-0.39, 0.29) is 6.61 Å². The van der Waals surface area contributed by atoms with Crippen LogP contribution in [-0.2, 0) is 0 Å². The highest BCUT2D eigenvalue weighted by molar-refractivity contribution is 5.97. The largest absolute Gasteiger partial charge is 0.489 e. The Morgan fingerprint density at radius 3 is 2.53 bits per heavy atom. The van der Waals surface area contributed by atoms with Crippen molar-refractivity contribution in [2.75, 3.05) is 25.6 Å². The average Bonchev–Trinajstić information content (AvgIpc) is 2.79. The first-order valence-corrected chi connectivity index (χ1v) is 9.19. The van der Waals surface area contributed by atoms with Crippen LogP contribution in [0.3, 0.4) is 0 Å². The van der Waals surface area contributed by atoms with E-state index in [0.717, 1.165) is 12.1 Å². The van der Waals surface area contributed by atoms with Gasteiger partial charge in [-0.15, -0.1) is 0 Å². The fourth-order valence-electron chi connectivity index (χ4n) is 3.12. The number of aromatic nitrogens is 3. The van der Waals surface area contributed by atoms with Crippen LogP contribution in [0.4, 0.5) is 19.0 Å². The smallest absolute Gasteiger partial charge is 0.163 e. The number of fused-ring (bicyclic) bond motifs is 1. The van der Waals surface area contributed by atoms with Crippen LogP contribution >= 0.6 is 0 Å². The van der Waals surface area contributed by atoms with E-state index in [1.54, 1.807) is 37.6 Å². The average molecular weight is 410 g/mol. The third-order valence-electron chi connectivity index (χ3n) is 4.51. The molecule has 30 heavy (non-hydrogen) atoms. The maximum Gasteiger partial charge on any atom is 0.163 e. The molecule has 0 saturated carbocycles. The van der Waals surface area contributed by atoms with Crippen LogP contribution in [-0.4, -0.2) is 35.3 Å². The van der Waals surface area contributed by atoms with Gasteiger partial charge in [-0.25, -0.2) is 23.1 Å². The summed E-state index contributed by atoms with van der Waals surface area (Å²) in [6.07, 6.45) is 3.28. The molecular formula is C22H17F3N4O. The Kier molecular flexibility index (Phi) is 5.47. The summed E-state index contributed by atoms with van der Waals surface area (Å²) in [4.78, 5) is 13.2. The molecule has 5 nitrogen and oxygen atoms in total. The zero-order chi connectivity index (χ0) is 21.1. The van der Waals surface area contributed by atoms with Crippen LogP contribution in [0.1, 0.15) is 0 Å². The number of nitrogens with one attached hydrogen (secondary N) is 1. The Balaban J connectivity index is 1.95. The maximum absolute atomic E-state index is 13.8. The fourth-order valence-corrected chi connectivity index (χ4v) is 3.12. The lowest BCUT2D eigenvalue weighted by Gasteiger charge is -2.14. The molecule has 4 rings (SSSR count). The minimum absolute atomic E-state index is 0.169. The molecule has 2 aromatic heterocycles. The Morgan fingerprint density at radius 1 is 0.967 bits per heavy atom. The molecule has 1 N–H and O–H groups in total. The van der Waals surface area contributed by atoms with Gasteiger partial charge >= 0.3 is 0 Å². The number of pyridine rings is 1. The van der Waals surface area contributed by atoms with Gasteiger partial charge < -0.3 is 10.1 Å². The SMILES string of the molecule is CNc1nc(-c2cccnc2)nc2c(OCCF)cc(-c3ccc(F)c(F)c3)cc12. The first-order chi connectivity index (χ1) is 14.6. The van der Waals surface area contributed by atoms with Crippen molar-refractivity contribution in [1.82, 2.24) is 15.0 Å². The summed E-state index contributed by atoms with van der Waals surface area (Å²) in [7, 11) is 1.71. The van der Waals surface area contributed by atoms with Crippen molar-refractivity contribution in [3.63, 3.8) is 0 Å². The van der Waals surface area contributed by atoms with Gasteiger partial charge in [0.05, 0.1) is 0 Å². The molecule has 0 aliphatic rings. The van der Waals surface area contributed by atoms with Gasteiger partial charge in [0.1, 0.15) is 30.4 Å². The molecule has 0 spiro atoms. The standard InChI is InChI=1S/C22H17F3N4O/c1-26-22-16-9-15(13-4-5-17(24)18(25)10-13)11-19(30-8-6-23)20(16)28-21(29-22)14-3-2-7-27-12-14/h2-5,7,9-12H,6,8H2,1H3,(H,26,28,29). The van der Waals surface area contributed by atoms with Crippen molar-refractivity contribution in [2.45, 2.75) is 0 Å². The van der Waals surface area contributed by atoms with Crippen LogP contribution in [0.25, 0.3) is 33.4 Å². The zero-order valence-corrected chi connectivity index (χ0v) is 16.0. The summed E-state index contributed by atoms with van der Waals surface area (Å²) in [5.41, 5.74) is 2.17. The number of alkyl halides is 1. The van der Waals surface area contributed by atoms with E-state index in [9.17, 15) is 13.2 Å². The van der Waals surface area contributed by atoms with Gasteiger partial charge in [-0.1, -0.05) is 6.07 Å². The second-order valence-electron chi connectivity index (χ2n) is 6.42. The summed E-state index contributed by atoms with van der Waals surface area (Å²) in [5, 5.41) is 3.63. The first kappa shape index (κ1) is 19.6. The quantitative estimate of drug-likeness (QED) is 0.483. The Hall–Kier alpha value is -3.68. The van der Waals surface area contributed by atoms with E-state index < -0.39 is 18.3 Å². The zero-order valence-electron chi connectivity index (χ0n) is 16.0. The second-order valence-corrected chi connectivity index (χ2v) is 6.42. The molecule has 0 aliphatic heterocycles. The number of benzene rings is 2. The van der Waals surface area contributed by atoms with Gasteiger partial charge in [-0.3, -0.25) is 4.98 Å². The van der Waals surface area contributed by atoms with E-state index in [4.69, 9.17) is 4.74 Å². The second kappa shape index (κ2) is 8.36. The van der Waals surface area contributed by atoms with Crippen LogP contribution in [0, 0.1) is 11.6 Å². The molecule has 2 heterocycles. The molecule has 0 bridgehead atoms. The fraction of sp³-hybridized carbons (Fsp3) is 0.136. The van der Waals surface area contributed by atoms with Gasteiger partial charge in [0, 0.05) is 30.4 Å². The molecule has 0 unspecified atom stereocenters. The van der Waals surface area contributed by atoms with E-state index in [1.165, 1.54) is 6.07 Å². The number of nitrogens with zero attached hydrogens (tertiary/aromatic N) is 3. The van der Waals surface area contributed by atoms with Crippen molar-refractivity contribution in [1.29, 1.82) is 0 Å². The third kappa shape index (κ3) is 3.76. The summed E-state index contributed by atoms with van der Waals surface area (Å²) in [6.45, 7) is -0.853. The monoisotopic (exact) mass is 410 g/mol. The molecule has 0 radical (unpaired) electrons. The summed E-state index contributed by atoms with van der Waals surface area (Å²) in [5.74, 6) is -0.655. The lowest BCUT2D eigenvalue weighted by molar-refractivity contribution is 0.275. The third-order valence-corrected chi connectivity index (χ3v) is 4.51. The predicted molar refractivity (Wildman–Crippen MR) is 109 cm³/mol. The topological polar surface area (TPSA) is 59.9 Å². The predicted octanol–water partition coefficient (Wildman–Crippen LogP) is 5.03. The lowest BCUT2D eigenvalue weighted by Crippen LogP contribution is -2.04. The molecule has 0 amide bonds. The summed E-state index contributed by atoms with van der Waals surface area (Å²) < 4.78 is 45.5. The summed E-state index contributed by atoms with van der Waals surface area (Å²) >= 11 is 0. The molecule has 0 aliphatic carbocycles. The number of hydrogen-bond acceptors (Lipinski definition) is 5. The van der Waals surface area contributed by atoms with E-state index in [1.807, 2.05) is 6.07 Å². The Bertz CT molecular complexity index is 1200. The first-order valence-electron chi connectivity index (χ1n) is 9.19. The lowest BCUT2D eigenvalue weighted by atomic mass is 10.0. The minimum Gasteiger partial charge on any atom is -0.489 e. The van der Waals surface area contributed by atoms with Crippen molar-refractivity contribution in [2.24, 2.45) is 0 Å². The van der Waals surface area contributed by atoms with Gasteiger partial charge in [-0.2, -0.15) is 0 Å². The van der Waals surface area contributed by atoms with Gasteiger partial charge in [0.25, 0.3) is 0 Å². The number of ether oxygens (including phenoxy) is 1. The highest BCUT2D eigenvalue weighted by Gasteiger charge is 2.16. The van der Waals surface area contributed by atoms with Crippen LogP contribution in [0.2, 0.25) is 0 Å². The highest BCUT2D eigenvalue weighted by Crippen LogP contribution is 2.36. The molecule has 2 aromatic carbocycles. The van der Waals surface area contributed by atoms with E-state index in [0.29, 0.717) is 45.0 Å².